The van der Waals surface area contributed by atoms with Gasteiger partial charge in [-0.1, -0.05) is 29.3 Å². The van der Waals surface area contributed by atoms with E-state index in [-0.39, 0.29) is 0 Å². The zero-order valence-corrected chi connectivity index (χ0v) is 8.76. The van der Waals surface area contributed by atoms with Crippen molar-refractivity contribution in [3.8, 4) is 0 Å². The van der Waals surface area contributed by atoms with E-state index in [0.717, 1.165) is 4.47 Å². The first-order valence-electron chi connectivity index (χ1n) is 4.33. The molecule has 1 saturated carbocycles. The first-order chi connectivity index (χ1) is 5.71. The highest BCUT2D eigenvalue weighted by molar-refractivity contribution is 9.10. The van der Waals surface area contributed by atoms with Gasteiger partial charge in [0.25, 0.3) is 0 Å². The molecule has 2 rings (SSSR count). The van der Waals surface area contributed by atoms with Crippen LogP contribution < -0.4 is 0 Å². The Balaban J connectivity index is 2.33. The SMILES string of the molecule is CC1(c2cc(Br)ccn2)CCC1. The van der Waals surface area contributed by atoms with Crippen molar-refractivity contribution < 1.29 is 0 Å². The first kappa shape index (κ1) is 8.24. The third-order valence-corrected chi connectivity index (χ3v) is 3.29. The van der Waals surface area contributed by atoms with E-state index in [1.807, 2.05) is 12.3 Å². The molecule has 1 aliphatic rings. The van der Waals surface area contributed by atoms with Gasteiger partial charge in [-0.25, -0.2) is 0 Å². The summed E-state index contributed by atoms with van der Waals surface area (Å²) in [5.41, 5.74) is 1.60. The highest BCUT2D eigenvalue weighted by Gasteiger charge is 2.34. The molecule has 12 heavy (non-hydrogen) atoms. The van der Waals surface area contributed by atoms with Gasteiger partial charge >= 0.3 is 0 Å². The number of hydrogen-bond acceptors (Lipinski definition) is 1. The van der Waals surface area contributed by atoms with E-state index in [2.05, 4.69) is 33.9 Å². The molecular weight excluding hydrogens is 214 g/mol. The zero-order valence-electron chi connectivity index (χ0n) is 7.18. The summed E-state index contributed by atoms with van der Waals surface area (Å²) in [5.74, 6) is 0. The minimum absolute atomic E-state index is 0.365. The normalized spacial score (nSPS) is 20.2. The minimum Gasteiger partial charge on any atom is -0.261 e. The van der Waals surface area contributed by atoms with E-state index in [1.54, 1.807) is 0 Å². The van der Waals surface area contributed by atoms with Crippen molar-refractivity contribution in [2.24, 2.45) is 0 Å². The Morgan fingerprint density at radius 1 is 1.50 bits per heavy atom. The van der Waals surface area contributed by atoms with Crippen molar-refractivity contribution in [3.63, 3.8) is 0 Å². The molecule has 1 aromatic heterocycles. The van der Waals surface area contributed by atoms with Crippen molar-refractivity contribution in [1.82, 2.24) is 4.98 Å². The van der Waals surface area contributed by atoms with Gasteiger partial charge in [-0.05, 0) is 25.0 Å². The van der Waals surface area contributed by atoms with Crippen molar-refractivity contribution >= 4 is 15.9 Å². The Morgan fingerprint density at radius 2 is 2.25 bits per heavy atom. The van der Waals surface area contributed by atoms with Crippen LogP contribution in [0.25, 0.3) is 0 Å². The molecule has 0 aliphatic heterocycles. The maximum absolute atomic E-state index is 4.40. The van der Waals surface area contributed by atoms with Crippen LogP contribution in [-0.4, -0.2) is 4.98 Å². The van der Waals surface area contributed by atoms with Crippen LogP contribution >= 0.6 is 15.9 Å². The zero-order chi connectivity index (χ0) is 8.60. The molecule has 0 spiro atoms. The Hall–Kier alpha value is -0.370. The summed E-state index contributed by atoms with van der Waals surface area (Å²) in [6.45, 7) is 2.30. The average Bonchev–Trinajstić information content (AvgIpc) is 2.00. The Labute approximate surface area is 81.3 Å². The fourth-order valence-electron chi connectivity index (χ4n) is 1.70. The van der Waals surface area contributed by atoms with Crippen LogP contribution in [0, 0.1) is 0 Å². The standard InChI is InChI=1S/C10H12BrN/c1-10(4-2-5-10)9-7-8(11)3-6-12-9/h3,6-7H,2,4-5H2,1H3. The highest BCUT2D eigenvalue weighted by atomic mass is 79.9. The lowest BCUT2D eigenvalue weighted by Gasteiger charge is -2.37. The van der Waals surface area contributed by atoms with E-state index in [1.165, 1.54) is 25.0 Å². The van der Waals surface area contributed by atoms with Crippen molar-refractivity contribution in [2.75, 3.05) is 0 Å². The Kier molecular flexibility index (Phi) is 1.95. The van der Waals surface area contributed by atoms with Crippen molar-refractivity contribution in [2.45, 2.75) is 31.6 Å². The molecule has 0 bridgehead atoms. The van der Waals surface area contributed by atoms with Crippen LogP contribution in [0.4, 0.5) is 0 Å². The summed E-state index contributed by atoms with van der Waals surface area (Å²) in [5, 5.41) is 0. The monoisotopic (exact) mass is 225 g/mol. The summed E-state index contributed by atoms with van der Waals surface area (Å²) < 4.78 is 1.14. The molecule has 64 valence electrons. The van der Waals surface area contributed by atoms with Crippen LogP contribution in [0.3, 0.4) is 0 Å². The van der Waals surface area contributed by atoms with Crippen molar-refractivity contribution in [1.29, 1.82) is 0 Å². The fraction of sp³-hybridized carbons (Fsp3) is 0.500. The van der Waals surface area contributed by atoms with E-state index < -0.39 is 0 Å². The molecule has 0 aromatic carbocycles. The molecule has 0 atom stereocenters. The summed E-state index contributed by atoms with van der Waals surface area (Å²) in [7, 11) is 0. The topological polar surface area (TPSA) is 12.9 Å². The van der Waals surface area contributed by atoms with Gasteiger partial charge in [0.15, 0.2) is 0 Å². The number of rotatable bonds is 1. The van der Waals surface area contributed by atoms with Crippen LogP contribution in [-0.2, 0) is 5.41 Å². The molecule has 0 saturated heterocycles. The molecule has 1 aromatic rings. The second-order valence-corrected chi connectivity index (χ2v) is 4.69. The smallest absolute Gasteiger partial charge is 0.0473 e. The second-order valence-electron chi connectivity index (χ2n) is 3.77. The van der Waals surface area contributed by atoms with E-state index in [4.69, 9.17) is 0 Å². The number of halogens is 1. The number of aromatic nitrogens is 1. The number of hydrogen-bond donors (Lipinski definition) is 0. The third kappa shape index (κ3) is 1.28. The largest absolute Gasteiger partial charge is 0.261 e. The lowest BCUT2D eigenvalue weighted by molar-refractivity contribution is 0.264. The second kappa shape index (κ2) is 2.84. The van der Waals surface area contributed by atoms with Gasteiger partial charge in [-0.15, -0.1) is 0 Å². The Morgan fingerprint density at radius 3 is 2.75 bits per heavy atom. The molecule has 0 N–H and O–H groups in total. The number of nitrogens with zero attached hydrogens (tertiary/aromatic N) is 1. The van der Waals surface area contributed by atoms with Gasteiger partial charge in [0.1, 0.15) is 0 Å². The molecule has 1 nitrogen and oxygen atoms in total. The third-order valence-electron chi connectivity index (χ3n) is 2.80. The summed E-state index contributed by atoms with van der Waals surface area (Å²) in [6.07, 6.45) is 5.81. The molecule has 1 heterocycles. The lowest BCUT2D eigenvalue weighted by Crippen LogP contribution is -2.31. The van der Waals surface area contributed by atoms with Gasteiger partial charge in [-0.2, -0.15) is 0 Å². The lowest BCUT2D eigenvalue weighted by atomic mass is 9.68. The first-order valence-corrected chi connectivity index (χ1v) is 5.12. The molecule has 0 radical (unpaired) electrons. The predicted molar refractivity (Wildman–Crippen MR) is 53.1 cm³/mol. The molecular formula is C10H12BrN. The van der Waals surface area contributed by atoms with Gasteiger partial charge in [0.2, 0.25) is 0 Å². The van der Waals surface area contributed by atoms with E-state index in [0.29, 0.717) is 5.41 Å². The summed E-state index contributed by atoms with van der Waals surface area (Å²) in [6, 6.07) is 4.12. The van der Waals surface area contributed by atoms with Gasteiger partial charge in [-0.3, -0.25) is 4.98 Å². The Bertz CT molecular complexity index is 292. The highest BCUT2D eigenvalue weighted by Crippen LogP contribution is 2.42. The van der Waals surface area contributed by atoms with Gasteiger partial charge in [0, 0.05) is 21.8 Å². The van der Waals surface area contributed by atoms with Crippen LogP contribution in [0.5, 0.6) is 0 Å². The average molecular weight is 226 g/mol. The van der Waals surface area contributed by atoms with Crippen LogP contribution in [0.2, 0.25) is 0 Å². The summed E-state index contributed by atoms with van der Waals surface area (Å²) >= 11 is 3.47. The molecule has 0 amide bonds. The maximum Gasteiger partial charge on any atom is 0.0473 e. The van der Waals surface area contributed by atoms with Gasteiger partial charge in [0.05, 0.1) is 0 Å². The molecule has 0 unspecified atom stereocenters. The predicted octanol–water partition coefficient (Wildman–Crippen LogP) is 3.29. The van der Waals surface area contributed by atoms with Crippen LogP contribution in [0.1, 0.15) is 31.9 Å². The maximum atomic E-state index is 4.40. The van der Waals surface area contributed by atoms with E-state index >= 15 is 0 Å². The summed E-state index contributed by atoms with van der Waals surface area (Å²) in [4.78, 5) is 4.40. The molecule has 1 fully saturated rings. The fourth-order valence-corrected chi connectivity index (χ4v) is 2.03. The van der Waals surface area contributed by atoms with Gasteiger partial charge < -0.3 is 0 Å². The molecule has 2 heteroatoms. The van der Waals surface area contributed by atoms with Crippen molar-refractivity contribution in [3.05, 3.63) is 28.5 Å². The van der Waals surface area contributed by atoms with E-state index in [9.17, 15) is 0 Å². The molecule has 1 aliphatic carbocycles. The quantitative estimate of drug-likeness (QED) is 0.716. The minimum atomic E-state index is 0.365. The van der Waals surface area contributed by atoms with Crippen LogP contribution in [0.15, 0.2) is 22.8 Å². The number of pyridine rings is 1.